The van der Waals surface area contributed by atoms with Gasteiger partial charge in [-0.3, -0.25) is 4.98 Å². The van der Waals surface area contributed by atoms with Crippen LogP contribution in [-0.2, 0) is 0 Å². The van der Waals surface area contributed by atoms with Crippen molar-refractivity contribution in [2.75, 3.05) is 0 Å². The molecule has 2 aromatic heterocycles. The first kappa shape index (κ1) is 8.01. The summed E-state index contributed by atoms with van der Waals surface area (Å²) in [6.45, 7) is 2.00. The largest absolute Gasteiger partial charge is 0.307 e. The number of hydrogen-bond donors (Lipinski definition) is 2. The zero-order chi connectivity index (χ0) is 8.72. The maximum atomic E-state index is 4.37. The van der Waals surface area contributed by atoms with Crippen LogP contribution in [-0.4, -0.2) is 9.38 Å². The molecule has 4 heteroatoms. The number of hydrogen-bond acceptors (Lipinski definition) is 3. The minimum absolute atomic E-state index is 0.928. The lowest BCUT2D eigenvalue weighted by Crippen LogP contribution is -1.83. The Morgan fingerprint density at radius 3 is 2.83 bits per heavy atom. The van der Waals surface area contributed by atoms with E-state index in [1.165, 1.54) is 0 Å². The van der Waals surface area contributed by atoms with Crippen molar-refractivity contribution in [1.29, 1.82) is 0 Å². The van der Waals surface area contributed by atoms with E-state index in [0.29, 0.717) is 0 Å². The van der Waals surface area contributed by atoms with Crippen LogP contribution in [0.3, 0.4) is 0 Å². The van der Waals surface area contributed by atoms with Crippen LogP contribution < -0.4 is 0 Å². The average molecular weight is 196 g/mol. The van der Waals surface area contributed by atoms with Gasteiger partial charge in [-0.2, -0.15) is 0 Å². The topological polar surface area (TPSA) is 17.3 Å². The maximum Gasteiger partial charge on any atom is 0.0805 e. The first-order chi connectivity index (χ1) is 5.72. The van der Waals surface area contributed by atoms with E-state index >= 15 is 0 Å². The van der Waals surface area contributed by atoms with Crippen LogP contribution in [0.5, 0.6) is 0 Å². The number of thiol groups is 2. The fraction of sp³-hybridized carbons (Fsp3) is 0.125. The first-order valence-electron chi connectivity index (χ1n) is 3.54. The van der Waals surface area contributed by atoms with Crippen molar-refractivity contribution in [3.8, 4) is 0 Å². The predicted molar refractivity (Wildman–Crippen MR) is 54.4 cm³/mol. The Morgan fingerprint density at radius 2 is 2.17 bits per heavy atom. The molecule has 0 spiro atoms. The zero-order valence-corrected chi connectivity index (χ0v) is 8.31. The van der Waals surface area contributed by atoms with Gasteiger partial charge in [-0.25, -0.2) is 0 Å². The summed E-state index contributed by atoms with van der Waals surface area (Å²) >= 11 is 8.75. The maximum absolute atomic E-state index is 4.37. The van der Waals surface area contributed by atoms with Crippen LogP contribution in [0.2, 0.25) is 0 Å². The molecule has 2 nitrogen and oxygen atoms in total. The highest BCUT2D eigenvalue weighted by atomic mass is 32.1. The van der Waals surface area contributed by atoms with E-state index in [4.69, 9.17) is 0 Å². The Hall–Kier alpha value is -0.610. The van der Waals surface area contributed by atoms with Crippen LogP contribution in [0.1, 0.15) is 5.56 Å². The highest BCUT2D eigenvalue weighted by Gasteiger charge is 2.08. The molecule has 0 aliphatic rings. The van der Waals surface area contributed by atoms with Crippen LogP contribution >= 0.6 is 25.3 Å². The highest BCUT2D eigenvalue weighted by Crippen LogP contribution is 2.27. The minimum Gasteiger partial charge on any atom is -0.307 e. The highest BCUT2D eigenvalue weighted by molar-refractivity contribution is 7.81. The molecule has 0 N–H and O–H groups in total. The third-order valence-corrected chi connectivity index (χ3v) is 3.03. The van der Waals surface area contributed by atoms with Gasteiger partial charge >= 0.3 is 0 Å². The molecular weight excluding hydrogens is 188 g/mol. The molecule has 0 aromatic carbocycles. The van der Waals surface area contributed by atoms with Gasteiger partial charge in [0.1, 0.15) is 0 Å². The summed E-state index contributed by atoms with van der Waals surface area (Å²) in [6, 6.07) is 0. The zero-order valence-electron chi connectivity index (χ0n) is 6.52. The van der Waals surface area contributed by atoms with Crippen LogP contribution in [0.25, 0.3) is 5.52 Å². The average Bonchev–Trinajstić information content (AvgIpc) is 2.33. The molecule has 0 atom stereocenters. The predicted octanol–water partition coefficient (Wildman–Crippen LogP) is 2.22. The Kier molecular flexibility index (Phi) is 1.81. The van der Waals surface area contributed by atoms with E-state index in [1.54, 1.807) is 12.4 Å². The molecule has 0 saturated heterocycles. The second kappa shape index (κ2) is 2.71. The third-order valence-electron chi connectivity index (χ3n) is 1.92. The summed E-state index contributed by atoms with van der Waals surface area (Å²) in [6.07, 6.45) is 5.40. The van der Waals surface area contributed by atoms with Gasteiger partial charge in [0.05, 0.1) is 16.7 Å². The van der Waals surface area contributed by atoms with E-state index in [9.17, 15) is 0 Å². The number of fused-ring (bicyclic) bond motifs is 1. The summed E-state index contributed by atoms with van der Waals surface area (Å²) in [5.74, 6) is 0. The molecule has 12 heavy (non-hydrogen) atoms. The molecule has 0 radical (unpaired) electrons. The van der Waals surface area contributed by atoms with Crippen molar-refractivity contribution >= 4 is 30.8 Å². The lowest BCUT2D eigenvalue weighted by molar-refractivity contribution is 1.01. The summed E-state index contributed by atoms with van der Waals surface area (Å²) in [5, 5.41) is 0.928. The second-order valence-electron chi connectivity index (χ2n) is 2.63. The van der Waals surface area contributed by atoms with Gasteiger partial charge in [0.15, 0.2) is 0 Å². The molecule has 0 saturated carbocycles. The van der Waals surface area contributed by atoms with Crippen molar-refractivity contribution in [3.63, 3.8) is 0 Å². The second-order valence-corrected chi connectivity index (χ2v) is 3.50. The number of rotatable bonds is 0. The van der Waals surface area contributed by atoms with Gasteiger partial charge < -0.3 is 4.40 Å². The van der Waals surface area contributed by atoms with Gasteiger partial charge in [-0.15, -0.1) is 25.3 Å². The van der Waals surface area contributed by atoms with Crippen LogP contribution in [0.15, 0.2) is 28.5 Å². The quantitative estimate of drug-likeness (QED) is 0.618. The molecule has 2 aromatic rings. The number of aromatic nitrogens is 2. The normalized spacial score (nSPS) is 10.9. The molecule has 2 rings (SSSR count). The molecule has 0 unspecified atom stereocenters. The summed E-state index contributed by atoms with van der Waals surface area (Å²) in [4.78, 5) is 4.98. The van der Waals surface area contributed by atoms with Crippen molar-refractivity contribution in [2.24, 2.45) is 0 Å². The van der Waals surface area contributed by atoms with Crippen molar-refractivity contribution in [3.05, 3.63) is 24.2 Å². The molecule has 0 amide bonds. The Morgan fingerprint density at radius 1 is 1.42 bits per heavy atom. The fourth-order valence-electron chi connectivity index (χ4n) is 1.20. The van der Waals surface area contributed by atoms with Crippen molar-refractivity contribution < 1.29 is 0 Å². The van der Waals surface area contributed by atoms with Gasteiger partial charge in [0.25, 0.3) is 0 Å². The molecule has 2 heterocycles. The van der Waals surface area contributed by atoms with E-state index in [1.807, 2.05) is 17.5 Å². The van der Waals surface area contributed by atoms with Gasteiger partial charge in [0.2, 0.25) is 0 Å². The summed E-state index contributed by atoms with van der Waals surface area (Å²) in [5.41, 5.74) is 2.10. The Labute approximate surface area is 81.4 Å². The molecule has 0 aliphatic heterocycles. The first-order valence-corrected chi connectivity index (χ1v) is 4.44. The van der Waals surface area contributed by atoms with E-state index < -0.39 is 0 Å². The van der Waals surface area contributed by atoms with Crippen LogP contribution in [0, 0.1) is 6.92 Å². The lowest BCUT2D eigenvalue weighted by Gasteiger charge is -1.93. The smallest absolute Gasteiger partial charge is 0.0805 e. The standard InChI is InChI=1S/C8H8N2S2/c1-5-7(11)6-4-9-2-3-10(6)8(5)12/h2-4,11-12H,1H3. The SMILES string of the molecule is Cc1c(S)c2cnccn2c1S. The lowest BCUT2D eigenvalue weighted by atomic mass is 10.4. The molecule has 0 aliphatic carbocycles. The van der Waals surface area contributed by atoms with E-state index in [-0.39, 0.29) is 0 Å². The van der Waals surface area contributed by atoms with Gasteiger partial charge in [0, 0.05) is 17.3 Å². The third kappa shape index (κ3) is 0.949. The van der Waals surface area contributed by atoms with E-state index in [2.05, 4.69) is 30.2 Å². The van der Waals surface area contributed by atoms with Crippen molar-refractivity contribution in [2.45, 2.75) is 16.8 Å². The molecular formula is C8H8N2S2. The Bertz CT molecular complexity index is 395. The summed E-state index contributed by atoms with van der Waals surface area (Å²) in [7, 11) is 0. The number of nitrogens with zero attached hydrogens (tertiary/aromatic N) is 2. The Balaban J connectivity index is 2.99. The molecule has 62 valence electrons. The minimum atomic E-state index is 0.928. The van der Waals surface area contributed by atoms with Crippen molar-refractivity contribution in [1.82, 2.24) is 9.38 Å². The monoisotopic (exact) mass is 196 g/mol. The summed E-state index contributed by atoms with van der Waals surface area (Å²) < 4.78 is 1.97. The van der Waals surface area contributed by atoms with Gasteiger partial charge in [-0.05, 0) is 12.5 Å². The molecule has 0 fully saturated rings. The fourth-order valence-corrected chi connectivity index (χ4v) is 1.85. The van der Waals surface area contributed by atoms with E-state index in [0.717, 1.165) is 21.0 Å². The van der Waals surface area contributed by atoms with Gasteiger partial charge in [-0.1, -0.05) is 0 Å². The molecule has 0 bridgehead atoms. The van der Waals surface area contributed by atoms with Crippen LogP contribution in [0.4, 0.5) is 0 Å².